The molecule has 0 radical (unpaired) electrons. The predicted octanol–water partition coefficient (Wildman–Crippen LogP) is 6.74. The molecule has 3 aromatic heterocycles. The Kier molecular flexibility index (Phi) is 6.89. The molecular formula is C29H18N4O3S3. The van der Waals surface area contributed by atoms with E-state index in [-0.39, 0.29) is 10.7 Å². The van der Waals surface area contributed by atoms with Gasteiger partial charge in [0.25, 0.3) is 5.91 Å². The smallest absolute Gasteiger partial charge is 0.349 e. The Hall–Kier alpha value is -4.38. The van der Waals surface area contributed by atoms with Crippen LogP contribution >= 0.6 is 35.3 Å². The van der Waals surface area contributed by atoms with Crippen molar-refractivity contribution >= 4 is 73.2 Å². The third kappa shape index (κ3) is 5.17. The minimum Gasteiger partial charge on any atom is -0.422 e. The summed E-state index contributed by atoms with van der Waals surface area (Å²) in [4.78, 5) is 36.0. The molecule has 0 unspecified atom stereocenters. The zero-order chi connectivity index (χ0) is 26.8. The Morgan fingerprint density at radius 3 is 2.59 bits per heavy atom. The molecule has 3 heterocycles. The van der Waals surface area contributed by atoms with Crippen molar-refractivity contribution in [3.8, 4) is 11.1 Å². The van der Waals surface area contributed by atoms with Gasteiger partial charge in [-0.05, 0) is 42.0 Å². The first-order valence-electron chi connectivity index (χ1n) is 11.8. The number of rotatable bonds is 5. The summed E-state index contributed by atoms with van der Waals surface area (Å²) < 4.78 is 5.27. The molecule has 0 fully saturated rings. The highest BCUT2D eigenvalue weighted by atomic mass is 32.2. The molecule has 39 heavy (non-hydrogen) atoms. The monoisotopic (exact) mass is 566 g/mol. The number of aromatic nitrogens is 2. The molecule has 6 rings (SSSR count). The zero-order valence-corrected chi connectivity index (χ0v) is 22.5. The largest absolute Gasteiger partial charge is 0.422 e. The van der Waals surface area contributed by atoms with E-state index < -0.39 is 11.5 Å². The van der Waals surface area contributed by atoms with Gasteiger partial charge in [0.2, 0.25) is 0 Å². The van der Waals surface area contributed by atoms with E-state index in [1.54, 1.807) is 41.9 Å². The number of nitrogens with one attached hydrogen (secondary N) is 2. The summed E-state index contributed by atoms with van der Waals surface area (Å²) in [6, 6.07) is 26.2. The fourth-order valence-electron chi connectivity index (χ4n) is 4.06. The average molecular weight is 567 g/mol. The van der Waals surface area contributed by atoms with Gasteiger partial charge >= 0.3 is 5.63 Å². The summed E-state index contributed by atoms with van der Waals surface area (Å²) >= 11 is 8.46. The van der Waals surface area contributed by atoms with Crippen LogP contribution in [0.15, 0.2) is 116 Å². The van der Waals surface area contributed by atoms with Gasteiger partial charge < -0.3 is 9.73 Å². The lowest BCUT2D eigenvalue weighted by Crippen LogP contribution is -2.36. The van der Waals surface area contributed by atoms with Gasteiger partial charge in [0.05, 0.1) is 11.1 Å². The van der Waals surface area contributed by atoms with Crippen LogP contribution in [0.1, 0.15) is 10.4 Å². The first-order chi connectivity index (χ1) is 19.1. The molecule has 0 atom stereocenters. The number of anilines is 1. The van der Waals surface area contributed by atoms with Crippen molar-refractivity contribution in [2.24, 2.45) is 0 Å². The highest BCUT2D eigenvalue weighted by Crippen LogP contribution is 2.41. The molecule has 0 saturated carbocycles. The van der Waals surface area contributed by atoms with Crippen molar-refractivity contribution in [3.05, 3.63) is 113 Å². The Labute approximate surface area is 235 Å². The lowest BCUT2D eigenvalue weighted by molar-refractivity contribution is 0.0974. The number of hydrogen-bond donors (Lipinski definition) is 2. The number of carbonyl (C=O) groups excluding carboxylic acids is 1. The molecular weight excluding hydrogens is 549 g/mol. The minimum atomic E-state index is -0.734. The van der Waals surface area contributed by atoms with Crippen molar-refractivity contribution < 1.29 is 9.21 Å². The number of benzene rings is 3. The molecule has 190 valence electrons. The molecule has 10 heteroatoms. The number of carbonyl (C=O) groups is 1. The van der Waals surface area contributed by atoms with E-state index in [9.17, 15) is 9.59 Å². The second kappa shape index (κ2) is 10.8. The number of nitrogens with zero attached hydrogens (tertiary/aromatic N) is 2. The number of amides is 1. The van der Waals surface area contributed by atoms with Crippen LogP contribution < -0.4 is 16.3 Å². The summed E-state index contributed by atoms with van der Waals surface area (Å²) in [6.45, 7) is 0. The van der Waals surface area contributed by atoms with E-state index in [1.165, 1.54) is 17.8 Å². The summed E-state index contributed by atoms with van der Waals surface area (Å²) in [5.74, 6) is -0.652. The van der Waals surface area contributed by atoms with E-state index in [0.29, 0.717) is 16.7 Å². The number of thiophene rings is 1. The molecule has 0 saturated heterocycles. The fraction of sp³-hybridized carbons (Fsp3) is 0. The zero-order valence-electron chi connectivity index (χ0n) is 20.1. The van der Waals surface area contributed by atoms with Gasteiger partial charge in [-0.15, -0.1) is 11.3 Å². The van der Waals surface area contributed by atoms with Gasteiger partial charge in [-0.2, -0.15) is 0 Å². The standard InChI is InChI=1S/C29H18N4O3S3/c34-25(19-14-18-10-4-6-12-22(18)36-28(19)35)33-29(37)32-21-11-5-7-13-23(21)39-27-24-20(17-8-2-1-3-9-17)15-38-26(24)30-16-31-27/h1-16H,(H2,32,33,34,37). The van der Waals surface area contributed by atoms with Gasteiger partial charge in [0.1, 0.15) is 27.3 Å². The normalized spacial score (nSPS) is 11.0. The van der Waals surface area contributed by atoms with Crippen LogP contribution in [-0.2, 0) is 0 Å². The number of para-hydroxylation sites is 2. The van der Waals surface area contributed by atoms with Crippen LogP contribution in [-0.4, -0.2) is 21.0 Å². The molecule has 0 spiro atoms. The molecule has 0 aliphatic rings. The number of hydrogen-bond acceptors (Lipinski definition) is 8. The van der Waals surface area contributed by atoms with Crippen LogP contribution in [0.25, 0.3) is 32.3 Å². The topological polar surface area (TPSA) is 97.1 Å². The van der Waals surface area contributed by atoms with E-state index in [4.69, 9.17) is 16.6 Å². The van der Waals surface area contributed by atoms with Gasteiger partial charge in [0, 0.05) is 21.2 Å². The molecule has 6 aromatic rings. The molecule has 2 N–H and O–H groups in total. The van der Waals surface area contributed by atoms with Crippen LogP contribution in [0.2, 0.25) is 0 Å². The fourth-order valence-corrected chi connectivity index (χ4v) is 6.24. The number of fused-ring (bicyclic) bond motifs is 2. The van der Waals surface area contributed by atoms with Gasteiger partial charge in [-0.3, -0.25) is 10.1 Å². The molecule has 7 nitrogen and oxygen atoms in total. The van der Waals surface area contributed by atoms with Crippen molar-refractivity contribution in [1.29, 1.82) is 0 Å². The average Bonchev–Trinajstić information content (AvgIpc) is 3.39. The summed E-state index contributed by atoms with van der Waals surface area (Å²) in [5, 5.41) is 10.2. The third-order valence-electron chi connectivity index (χ3n) is 5.88. The second-order valence-electron chi connectivity index (χ2n) is 8.37. The molecule has 0 bridgehead atoms. The highest BCUT2D eigenvalue weighted by molar-refractivity contribution is 7.99. The maximum Gasteiger partial charge on any atom is 0.349 e. The molecule has 0 aliphatic heterocycles. The SMILES string of the molecule is O=C(NC(=S)Nc1ccccc1Sc1ncnc2scc(-c3ccccc3)c12)c1cc2ccccc2oc1=O. The predicted molar refractivity (Wildman–Crippen MR) is 160 cm³/mol. The second-order valence-corrected chi connectivity index (χ2v) is 10.7. The lowest BCUT2D eigenvalue weighted by Gasteiger charge is -2.13. The van der Waals surface area contributed by atoms with Crippen LogP contribution in [0.5, 0.6) is 0 Å². The van der Waals surface area contributed by atoms with Gasteiger partial charge in [-0.25, -0.2) is 14.8 Å². The first kappa shape index (κ1) is 24.9. The molecule has 0 aliphatic carbocycles. The molecule has 3 aromatic carbocycles. The van der Waals surface area contributed by atoms with Crippen molar-refractivity contribution in [2.45, 2.75) is 9.92 Å². The maximum absolute atomic E-state index is 12.9. The highest BCUT2D eigenvalue weighted by Gasteiger charge is 2.18. The van der Waals surface area contributed by atoms with Crippen molar-refractivity contribution in [2.75, 3.05) is 5.32 Å². The quantitative estimate of drug-likeness (QED) is 0.135. The Bertz CT molecular complexity index is 1920. The van der Waals surface area contributed by atoms with Crippen LogP contribution in [0, 0.1) is 0 Å². The summed E-state index contributed by atoms with van der Waals surface area (Å²) in [5.41, 5.74) is 2.39. The van der Waals surface area contributed by atoms with E-state index >= 15 is 0 Å². The Balaban J connectivity index is 1.25. The lowest BCUT2D eigenvalue weighted by atomic mass is 10.1. The minimum absolute atomic E-state index is 0.0500. The van der Waals surface area contributed by atoms with Crippen LogP contribution in [0.3, 0.4) is 0 Å². The first-order valence-corrected chi connectivity index (χ1v) is 13.9. The summed E-state index contributed by atoms with van der Waals surface area (Å²) in [7, 11) is 0. The maximum atomic E-state index is 12.9. The van der Waals surface area contributed by atoms with Crippen molar-refractivity contribution in [1.82, 2.24) is 15.3 Å². The van der Waals surface area contributed by atoms with Gasteiger partial charge in [0.15, 0.2) is 5.11 Å². The van der Waals surface area contributed by atoms with Gasteiger partial charge in [-0.1, -0.05) is 72.4 Å². The summed E-state index contributed by atoms with van der Waals surface area (Å²) in [6.07, 6.45) is 1.56. The molecule has 1 amide bonds. The van der Waals surface area contributed by atoms with E-state index in [2.05, 4.69) is 38.1 Å². The Morgan fingerprint density at radius 2 is 1.72 bits per heavy atom. The van der Waals surface area contributed by atoms with E-state index in [0.717, 1.165) is 31.3 Å². The number of thiocarbonyl (C=S) groups is 1. The Morgan fingerprint density at radius 1 is 0.949 bits per heavy atom. The van der Waals surface area contributed by atoms with Crippen molar-refractivity contribution in [3.63, 3.8) is 0 Å². The van der Waals surface area contributed by atoms with Crippen LogP contribution in [0.4, 0.5) is 5.69 Å². The van der Waals surface area contributed by atoms with E-state index in [1.807, 2.05) is 42.5 Å². The third-order valence-corrected chi connectivity index (χ3v) is 8.04.